The molecule has 0 aliphatic heterocycles. The van der Waals surface area contributed by atoms with Gasteiger partial charge in [0.05, 0.1) is 12.6 Å². The Hall–Kier alpha value is -2.93. The zero-order valence-corrected chi connectivity index (χ0v) is 14.5. The summed E-state index contributed by atoms with van der Waals surface area (Å²) in [5, 5.41) is 25.6. The number of aliphatic hydroxyl groups excluding tert-OH is 1. The van der Waals surface area contributed by atoms with Crippen LogP contribution in [0.3, 0.4) is 0 Å². The van der Waals surface area contributed by atoms with Gasteiger partial charge in [-0.25, -0.2) is 0 Å². The topological polar surface area (TPSA) is 114 Å². The van der Waals surface area contributed by atoms with Crippen molar-refractivity contribution in [3.05, 3.63) is 66.0 Å². The Bertz CT molecular complexity index is 724. The van der Waals surface area contributed by atoms with Crippen LogP contribution in [0.15, 0.2) is 54.7 Å². The summed E-state index contributed by atoms with van der Waals surface area (Å²) in [4.78, 5) is 28.0. The smallest absolute Gasteiger partial charge is 0.246 e. The number of hydrogen-bond donors (Lipinski definition) is 3. The third kappa shape index (κ3) is 5.56. The molecule has 1 aromatic carbocycles. The van der Waals surface area contributed by atoms with Crippen LogP contribution >= 0.6 is 0 Å². The van der Waals surface area contributed by atoms with Crippen LogP contribution in [0.1, 0.15) is 18.2 Å². The maximum atomic E-state index is 12.8. The fourth-order valence-corrected chi connectivity index (χ4v) is 2.68. The summed E-state index contributed by atoms with van der Waals surface area (Å²) in [5.74, 6) is -0.553. The number of carbonyl (C=O) groups excluding carboxylic acids is 2. The van der Waals surface area contributed by atoms with Crippen molar-refractivity contribution >= 4 is 12.0 Å². The molecule has 0 aliphatic rings. The molecule has 2 aromatic rings. The van der Waals surface area contributed by atoms with Crippen molar-refractivity contribution in [1.82, 2.24) is 15.6 Å². The second kappa shape index (κ2) is 8.96. The van der Waals surface area contributed by atoms with Crippen LogP contribution in [-0.4, -0.2) is 40.3 Å². The van der Waals surface area contributed by atoms with Gasteiger partial charge in [-0.15, -0.1) is 0 Å². The highest BCUT2D eigenvalue weighted by molar-refractivity contribution is 5.89. The lowest BCUT2D eigenvalue weighted by Crippen LogP contribution is -2.62. The standard InChI is InChI=1S/C19H23N3O4/c1-19(22-18(25)26,12-15-9-5-6-10-20-15)17(24)21-16(13-23)11-14-7-3-2-4-8-14/h2-10,16,22-23H,11-13H2,1H3,(H,21,24)(H,25,26)/p-1. The predicted molar refractivity (Wildman–Crippen MR) is 94.0 cm³/mol. The highest BCUT2D eigenvalue weighted by atomic mass is 16.4. The molecular formula is C19H22N3O4-. The maximum Gasteiger partial charge on any atom is 0.246 e. The first-order valence-electron chi connectivity index (χ1n) is 8.28. The van der Waals surface area contributed by atoms with Crippen LogP contribution < -0.4 is 15.7 Å². The molecule has 0 aliphatic carbocycles. The van der Waals surface area contributed by atoms with E-state index in [1.165, 1.54) is 6.92 Å². The van der Waals surface area contributed by atoms with Crippen LogP contribution in [0.5, 0.6) is 0 Å². The van der Waals surface area contributed by atoms with Gasteiger partial charge in [-0.05, 0) is 31.0 Å². The Morgan fingerprint density at radius 2 is 1.88 bits per heavy atom. The fourth-order valence-electron chi connectivity index (χ4n) is 2.68. The van der Waals surface area contributed by atoms with Gasteiger partial charge in [0.1, 0.15) is 11.6 Å². The zero-order chi connectivity index (χ0) is 19.0. The highest BCUT2D eigenvalue weighted by Crippen LogP contribution is 2.13. The molecule has 7 nitrogen and oxygen atoms in total. The number of nitrogens with zero attached hydrogens (tertiary/aromatic N) is 1. The third-order valence-electron chi connectivity index (χ3n) is 4.02. The second-order valence-electron chi connectivity index (χ2n) is 6.29. The largest absolute Gasteiger partial charge is 0.530 e. The summed E-state index contributed by atoms with van der Waals surface area (Å²) in [6.07, 6.45) is 0.492. The molecule has 1 aromatic heterocycles. The van der Waals surface area contributed by atoms with E-state index >= 15 is 0 Å². The molecule has 0 saturated carbocycles. The number of benzene rings is 1. The van der Waals surface area contributed by atoms with Crippen molar-refractivity contribution in [3.8, 4) is 0 Å². The molecule has 0 saturated heterocycles. The van der Waals surface area contributed by atoms with E-state index in [4.69, 9.17) is 0 Å². The summed E-state index contributed by atoms with van der Waals surface area (Å²) >= 11 is 0. The zero-order valence-electron chi connectivity index (χ0n) is 14.5. The van der Waals surface area contributed by atoms with Gasteiger partial charge in [-0.3, -0.25) is 9.78 Å². The lowest BCUT2D eigenvalue weighted by atomic mass is 9.93. The molecule has 1 heterocycles. The average molecular weight is 356 g/mol. The Labute approximate surface area is 152 Å². The van der Waals surface area contributed by atoms with Gasteiger partial charge >= 0.3 is 0 Å². The highest BCUT2D eigenvalue weighted by Gasteiger charge is 2.35. The minimum atomic E-state index is -1.55. The van der Waals surface area contributed by atoms with Gasteiger partial charge in [0.15, 0.2) is 0 Å². The molecule has 0 bridgehead atoms. The van der Waals surface area contributed by atoms with Gasteiger partial charge in [0.25, 0.3) is 0 Å². The first-order chi connectivity index (χ1) is 12.4. The van der Waals surface area contributed by atoms with Crippen molar-refractivity contribution in [1.29, 1.82) is 0 Å². The summed E-state index contributed by atoms with van der Waals surface area (Å²) in [6, 6.07) is 14.0. The number of carbonyl (C=O) groups is 2. The summed E-state index contributed by atoms with van der Waals surface area (Å²) in [7, 11) is 0. The number of hydrogen-bond acceptors (Lipinski definition) is 5. The minimum absolute atomic E-state index is 0.0527. The number of aromatic nitrogens is 1. The van der Waals surface area contributed by atoms with Gasteiger partial charge < -0.3 is 25.6 Å². The number of amides is 2. The molecule has 0 fully saturated rings. The maximum absolute atomic E-state index is 12.8. The van der Waals surface area contributed by atoms with E-state index < -0.39 is 23.6 Å². The first-order valence-corrected chi connectivity index (χ1v) is 8.28. The molecule has 2 amide bonds. The van der Waals surface area contributed by atoms with Crippen molar-refractivity contribution in [2.24, 2.45) is 0 Å². The quantitative estimate of drug-likeness (QED) is 0.618. The van der Waals surface area contributed by atoms with Gasteiger partial charge in [-0.2, -0.15) is 0 Å². The van der Waals surface area contributed by atoms with E-state index in [-0.39, 0.29) is 13.0 Å². The molecule has 0 spiro atoms. The molecule has 0 radical (unpaired) electrons. The molecule has 2 atom stereocenters. The van der Waals surface area contributed by atoms with Crippen molar-refractivity contribution in [2.75, 3.05) is 6.61 Å². The number of carboxylic acid groups (broad SMARTS) is 1. The Morgan fingerprint density at radius 1 is 1.19 bits per heavy atom. The lowest BCUT2D eigenvalue weighted by Gasteiger charge is -2.32. The molecule has 7 heteroatoms. The van der Waals surface area contributed by atoms with Crippen molar-refractivity contribution in [3.63, 3.8) is 0 Å². The molecule has 2 rings (SSSR count). The molecule has 3 N–H and O–H groups in total. The first kappa shape index (κ1) is 19.4. The van der Waals surface area contributed by atoms with Crippen LogP contribution in [0.2, 0.25) is 0 Å². The minimum Gasteiger partial charge on any atom is -0.530 e. The van der Waals surface area contributed by atoms with E-state index in [1.54, 1.807) is 24.4 Å². The number of nitrogens with one attached hydrogen (secondary N) is 2. The van der Waals surface area contributed by atoms with E-state index in [1.807, 2.05) is 30.3 Å². The van der Waals surface area contributed by atoms with Crippen molar-refractivity contribution in [2.45, 2.75) is 31.3 Å². The Balaban J connectivity index is 2.12. The lowest BCUT2D eigenvalue weighted by molar-refractivity contribution is -0.252. The van der Waals surface area contributed by atoms with E-state index in [0.29, 0.717) is 12.1 Å². The van der Waals surface area contributed by atoms with Gasteiger partial charge in [0.2, 0.25) is 5.91 Å². The summed E-state index contributed by atoms with van der Waals surface area (Å²) in [5.41, 5.74) is 0.0331. The molecular weight excluding hydrogens is 334 g/mol. The SMILES string of the molecule is CC(Cc1ccccn1)(NC(=O)[O-])C(=O)NC(CO)Cc1ccccc1. The van der Waals surface area contributed by atoms with E-state index in [9.17, 15) is 19.8 Å². The molecule has 138 valence electrons. The van der Waals surface area contributed by atoms with E-state index in [0.717, 1.165) is 5.56 Å². The molecule has 2 unspecified atom stereocenters. The second-order valence-corrected chi connectivity index (χ2v) is 6.29. The van der Waals surface area contributed by atoms with Crippen LogP contribution in [0.25, 0.3) is 0 Å². The summed E-state index contributed by atoms with van der Waals surface area (Å²) in [6.45, 7) is 1.19. The number of pyridine rings is 1. The average Bonchev–Trinajstić information content (AvgIpc) is 2.62. The van der Waals surface area contributed by atoms with Gasteiger partial charge in [-0.1, -0.05) is 36.4 Å². The van der Waals surface area contributed by atoms with Crippen molar-refractivity contribution < 1.29 is 19.8 Å². The van der Waals surface area contributed by atoms with Gasteiger partial charge in [0, 0.05) is 18.3 Å². The Morgan fingerprint density at radius 3 is 2.46 bits per heavy atom. The predicted octanol–water partition coefficient (Wildman–Crippen LogP) is 0.0355. The fraction of sp³-hybridized carbons (Fsp3) is 0.316. The molecule has 26 heavy (non-hydrogen) atoms. The van der Waals surface area contributed by atoms with Crippen LogP contribution in [0, 0.1) is 0 Å². The van der Waals surface area contributed by atoms with E-state index in [2.05, 4.69) is 15.6 Å². The third-order valence-corrected chi connectivity index (χ3v) is 4.02. The number of rotatable bonds is 8. The van der Waals surface area contributed by atoms with Crippen LogP contribution in [0.4, 0.5) is 4.79 Å². The Kier molecular flexibility index (Phi) is 6.68. The number of aliphatic hydroxyl groups is 1. The normalized spacial score (nSPS) is 14.1. The van der Waals surface area contributed by atoms with Crippen LogP contribution in [-0.2, 0) is 17.6 Å². The summed E-state index contributed by atoms with van der Waals surface area (Å²) < 4.78 is 0. The monoisotopic (exact) mass is 356 g/mol.